The first-order valence-electron chi connectivity index (χ1n) is 15.8. The summed E-state index contributed by atoms with van der Waals surface area (Å²) in [5.41, 5.74) is 6.19. The molecule has 1 aliphatic heterocycles. The Labute approximate surface area is 275 Å². The SMILES string of the molecule is Bc1cc(CCNC(=O)C(=O)Nc2ccc(C(=C)c3ccnc4cc(C(=C)CC5CCNCC5)c(OC)cc34)c(F)c2)ccc1OC. The van der Waals surface area contributed by atoms with Crippen LogP contribution in [0.25, 0.3) is 22.0 Å². The van der Waals surface area contributed by atoms with Gasteiger partial charge in [-0.15, -0.1) is 0 Å². The van der Waals surface area contributed by atoms with Gasteiger partial charge in [0, 0.05) is 34.9 Å². The summed E-state index contributed by atoms with van der Waals surface area (Å²) in [5, 5.41) is 9.26. The number of hydrogen-bond donors (Lipinski definition) is 3. The lowest BCUT2D eigenvalue weighted by molar-refractivity contribution is -0.136. The van der Waals surface area contributed by atoms with Gasteiger partial charge < -0.3 is 25.4 Å². The summed E-state index contributed by atoms with van der Waals surface area (Å²) in [6.07, 6.45) is 5.33. The molecule has 2 heterocycles. The van der Waals surface area contributed by atoms with E-state index >= 15 is 4.39 Å². The minimum absolute atomic E-state index is 0.156. The lowest BCUT2D eigenvalue weighted by Crippen LogP contribution is -2.36. The molecule has 10 heteroatoms. The standard InChI is InChI=1S/C37H40BFN4O4/c1-22(17-25-9-13-40-14-10-25)29-20-33-30(21-35(29)47-4)27(12-16-41-33)23(2)28-7-6-26(19-32(28)39)43-37(45)36(44)42-15-11-24-5-8-34(46-3)31(38)18-24/h5-8,12,16,18-21,25,40H,1-2,9-11,13-15,17,38H2,3-4H3,(H,42,44)(H,43,45). The van der Waals surface area contributed by atoms with Gasteiger partial charge in [0.25, 0.3) is 0 Å². The van der Waals surface area contributed by atoms with E-state index in [-0.39, 0.29) is 17.8 Å². The number of anilines is 1. The van der Waals surface area contributed by atoms with Crippen molar-refractivity contribution in [2.24, 2.45) is 5.92 Å². The Balaban J connectivity index is 1.26. The van der Waals surface area contributed by atoms with Crippen LogP contribution in [0.1, 0.15) is 41.5 Å². The average Bonchev–Trinajstić information content (AvgIpc) is 3.07. The lowest BCUT2D eigenvalue weighted by atomic mass is 9.87. The van der Waals surface area contributed by atoms with Crippen molar-refractivity contribution in [3.05, 3.63) is 102 Å². The zero-order valence-corrected chi connectivity index (χ0v) is 27.2. The van der Waals surface area contributed by atoms with E-state index in [9.17, 15) is 9.59 Å². The Morgan fingerprint density at radius 2 is 1.72 bits per heavy atom. The molecule has 0 radical (unpaired) electrons. The minimum Gasteiger partial charge on any atom is -0.497 e. The largest absolute Gasteiger partial charge is 0.497 e. The summed E-state index contributed by atoms with van der Waals surface area (Å²) in [4.78, 5) is 29.5. The number of carbonyl (C=O) groups is 2. The molecule has 0 aliphatic carbocycles. The molecule has 0 spiro atoms. The number of methoxy groups -OCH3 is 2. The van der Waals surface area contributed by atoms with Crippen LogP contribution in [0.3, 0.4) is 0 Å². The zero-order valence-electron chi connectivity index (χ0n) is 27.2. The van der Waals surface area contributed by atoms with Crippen LogP contribution in [-0.2, 0) is 16.0 Å². The quantitative estimate of drug-likeness (QED) is 0.167. The van der Waals surface area contributed by atoms with E-state index in [0.717, 1.165) is 71.2 Å². The van der Waals surface area contributed by atoms with E-state index in [1.54, 1.807) is 32.5 Å². The molecule has 1 aliphatic rings. The summed E-state index contributed by atoms with van der Waals surface area (Å²) in [5.74, 6) is -0.248. The molecule has 2 amide bonds. The summed E-state index contributed by atoms with van der Waals surface area (Å²) >= 11 is 0. The molecule has 0 unspecified atom stereocenters. The second-order valence-electron chi connectivity index (χ2n) is 11.9. The number of fused-ring (bicyclic) bond motifs is 1. The number of benzene rings is 3. The number of hydrogen-bond acceptors (Lipinski definition) is 6. The number of nitrogens with one attached hydrogen (secondary N) is 3. The topological polar surface area (TPSA) is 102 Å². The fourth-order valence-corrected chi connectivity index (χ4v) is 6.09. The first-order chi connectivity index (χ1) is 22.7. The van der Waals surface area contributed by atoms with Crippen LogP contribution in [0.4, 0.5) is 10.1 Å². The average molecular weight is 635 g/mol. The molecule has 47 heavy (non-hydrogen) atoms. The molecular weight excluding hydrogens is 594 g/mol. The molecule has 4 aromatic rings. The first kappa shape index (κ1) is 33.4. The van der Waals surface area contributed by atoms with Gasteiger partial charge in [-0.3, -0.25) is 14.6 Å². The van der Waals surface area contributed by atoms with Crippen LogP contribution < -0.4 is 30.9 Å². The Morgan fingerprint density at radius 3 is 2.43 bits per heavy atom. The molecule has 1 aromatic heterocycles. The molecule has 3 N–H and O–H groups in total. The molecule has 242 valence electrons. The van der Waals surface area contributed by atoms with Crippen LogP contribution in [-0.4, -0.2) is 58.5 Å². The Bertz CT molecular complexity index is 1840. The second-order valence-corrected chi connectivity index (χ2v) is 11.9. The Kier molecular flexibility index (Phi) is 10.7. The third-order valence-corrected chi connectivity index (χ3v) is 8.68. The van der Waals surface area contributed by atoms with Crippen LogP contribution >= 0.6 is 0 Å². The maximum absolute atomic E-state index is 15.5. The molecule has 1 fully saturated rings. The number of pyridine rings is 1. The van der Waals surface area contributed by atoms with Crippen molar-refractivity contribution in [2.45, 2.75) is 25.7 Å². The van der Waals surface area contributed by atoms with Gasteiger partial charge in [0.15, 0.2) is 0 Å². The molecule has 8 nitrogen and oxygen atoms in total. The summed E-state index contributed by atoms with van der Waals surface area (Å²) in [6, 6.07) is 15.7. The summed E-state index contributed by atoms with van der Waals surface area (Å²) in [6.45, 7) is 10.9. The monoisotopic (exact) mass is 634 g/mol. The predicted octanol–water partition coefficient (Wildman–Crippen LogP) is 4.41. The minimum atomic E-state index is -0.883. The maximum atomic E-state index is 15.5. The first-order valence-corrected chi connectivity index (χ1v) is 15.8. The molecular formula is C37H40BFN4O4. The van der Waals surface area contributed by atoms with E-state index in [4.69, 9.17) is 9.47 Å². The zero-order chi connectivity index (χ0) is 33.5. The lowest BCUT2D eigenvalue weighted by Gasteiger charge is -2.24. The van der Waals surface area contributed by atoms with Crippen molar-refractivity contribution in [1.29, 1.82) is 0 Å². The number of carbonyl (C=O) groups excluding carboxylic acids is 2. The third-order valence-electron chi connectivity index (χ3n) is 8.68. The smallest absolute Gasteiger partial charge is 0.313 e. The van der Waals surface area contributed by atoms with Crippen molar-refractivity contribution in [3.8, 4) is 11.5 Å². The highest BCUT2D eigenvalue weighted by Crippen LogP contribution is 2.37. The molecule has 0 atom stereocenters. The van der Waals surface area contributed by atoms with Crippen molar-refractivity contribution in [2.75, 3.05) is 39.2 Å². The normalized spacial score (nSPS) is 13.2. The number of piperidine rings is 1. The molecule has 0 bridgehead atoms. The van der Waals surface area contributed by atoms with Crippen LogP contribution in [0.5, 0.6) is 11.5 Å². The Hall–Kier alpha value is -4.96. The van der Waals surface area contributed by atoms with E-state index in [1.807, 2.05) is 38.2 Å². The second kappa shape index (κ2) is 15.1. The highest BCUT2D eigenvalue weighted by atomic mass is 19.1. The van der Waals surface area contributed by atoms with Gasteiger partial charge in [-0.2, -0.15) is 0 Å². The van der Waals surface area contributed by atoms with Gasteiger partial charge in [-0.1, -0.05) is 25.3 Å². The van der Waals surface area contributed by atoms with Gasteiger partial charge >= 0.3 is 11.8 Å². The van der Waals surface area contributed by atoms with Gasteiger partial charge in [0.05, 0.1) is 19.7 Å². The number of rotatable bonds is 11. The maximum Gasteiger partial charge on any atom is 0.313 e. The number of aromatic nitrogens is 1. The number of ether oxygens (including phenoxy) is 2. The van der Waals surface area contributed by atoms with Crippen molar-refractivity contribution < 1.29 is 23.5 Å². The number of amides is 2. The van der Waals surface area contributed by atoms with Gasteiger partial charge in [-0.05, 0) is 115 Å². The Morgan fingerprint density at radius 1 is 0.957 bits per heavy atom. The van der Waals surface area contributed by atoms with E-state index in [2.05, 4.69) is 34.1 Å². The van der Waals surface area contributed by atoms with Crippen molar-refractivity contribution in [3.63, 3.8) is 0 Å². The predicted molar refractivity (Wildman–Crippen MR) is 189 cm³/mol. The number of halogens is 1. The van der Waals surface area contributed by atoms with Gasteiger partial charge in [-0.25, -0.2) is 4.39 Å². The highest BCUT2D eigenvalue weighted by Gasteiger charge is 2.20. The van der Waals surface area contributed by atoms with Gasteiger partial charge in [0.2, 0.25) is 0 Å². The summed E-state index contributed by atoms with van der Waals surface area (Å²) in [7, 11) is 5.18. The third kappa shape index (κ3) is 7.89. The molecule has 0 saturated carbocycles. The fraction of sp³-hybridized carbons (Fsp3) is 0.270. The van der Waals surface area contributed by atoms with Crippen LogP contribution in [0.15, 0.2) is 74.0 Å². The fourth-order valence-electron chi connectivity index (χ4n) is 6.09. The van der Waals surface area contributed by atoms with E-state index in [0.29, 0.717) is 29.2 Å². The van der Waals surface area contributed by atoms with Crippen LogP contribution in [0, 0.1) is 11.7 Å². The number of allylic oxidation sites excluding steroid dienone is 1. The van der Waals surface area contributed by atoms with Crippen LogP contribution in [0.2, 0.25) is 0 Å². The van der Waals surface area contributed by atoms with Crippen molar-refractivity contribution in [1.82, 2.24) is 15.6 Å². The van der Waals surface area contributed by atoms with Gasteiger partial charge in [0.1, 0.15) is 25.2 Å². The molecule has 1 saturated heterocycles. The van der Waals surface area contributed by atoms with E-state index < -0.39 is 17.6 Å². The molecule has 5 rings (SSSR count). The van der Waals surface area contributed by atoms with Crippen molar-refractivity contribution >= 4 is 52.9 Å². The molecule has 3 aromatic carbocycles. The summed E-state index contributed by atoms with van der Waals surface area (Å²) < 4.78 is 26.5. The highest BCUT2D eigenvalue weighted by molar-refractivity contribution is 6.39. The van der Waals surface area contributed by atoms with E-state index in [1.165, 1.54) is 12.1 Å². The number of nitrogens with zero attached hydrogens (tertiary/aromatic N) is 1.